The van der Waals surface area contributed by atoms with Crippen molar-refractivity contribution in [3.63, 3.8) is 0 Å². The number of hydrogen-bond donors (Lipinski definition) is 0. The Hall–Kier alpha value is -2.38. The van der Waals surface area contributed by atoms with Crippen molar-refractivity contribution in [3.8, 4) is 11.4 Å². The molecule has 3 aliphatic heterocycles. The fourth-order valence-electron chi connectivity index (χ4n) is 4.68. The minimum atomic E-state index is -0.394. The van der Waals surface area contributed by atoms with Gasteiger partial charge in [-0.25, -0.2) is 4.98 Å². The van der Waals surface area contributed by atoms with Crippen LogP contribution in [0.2, 0.25) is 0 Å². The molecule has 3 saturated heterocycles. The first-order valence-corrected chi connectivity index (χ1v) is 9.06. The first kappa shape index (κ1) is 15.8. The van der Waals surface area contributed by atoms with Gasteiger partial charge in [0.2, 0.25) is 5.91 Å². The zero-order valence-electron chi connectivity index (χ0n) is 14.8. The molecule has 0 aliphatic carbocycles. The number of benzene rings is 1. The molecular weight excluding hydrogens is 332 g/mol. The summed E-state index contributed by atoms with van der Waals surface area (Å²) in [4.78, 5) is 21.2. The van der Waals surface area contributed by atoms with Crippen molar-refractivity contribution in [1.29, 1.82) is 0 Å². The summed E-state index contributed by atoms with van der Waals surface area (Å²) in [5.74, 6) is 2.02. The molecule has 26 heavy (non-hydrogen) atoms. The number of carbonyl (C=O) groups is 1. The highest BCUT2D eigenvalue weighted by Crippen LogP contribution is 2.45. The maximum absolute atomic E-state index is 12.3. The van der Waals surface area contributed by atoms with Gasteiger partial charge >= 0.3 is 0 Å². The lowest BCUT2D eigenvalue weighted by Crippen LogP contribution is -2.47. The Bertz CT molecular complexity index is 834. The summed E-state index contributed by atoms with van der Waals surface area (Å²) < 4.78 is 13.4. The monoisotopic (exact) mass is 354 g/mol. The molecule has 3 fully saturated rings. The number of hydrogen-bond acceptors (Lipinski definition) is 5. The molecule has 7 nitrogen and oxygen atoms in total. The highest BCUT2D eigenvalue weighted by Gasteiger charge is 2.61. The van der Waals surface area contributed by atoms with Gasteiger partial charge in [-0.1, -0.05) is 0 Å². The predicted molar refractivity (Wildman–Crippen MR) is 93.9 cm³/mol. The number of imidazole rings is 1. The molecule has 0 unspecified atom stereocenters. The highest BCUT2D eigenvalue weighted by molar-refractivity contribution is 5.81. The van der Waals surface area contributed by atoms with Gasteiger partial charge in [0.1, 0.15) is 11.6 Å². The van der Waals surface area contributed by atoms with Crippen molar-refractivity contribution in [1.82, 2.24) is 19.4 Å². The van der Waals surface area contributed by atoms with Crippen LogP contribution in [0.15, 0.2) is 36.7 Å². The third-order valence-corrected chi connectivity index (χ3v) is 5.92. The SMILES string of the molecule is COc1ccc(-n2ccnc2CN2CC[C@@]34OCCN3C(=O)C[C@@H]24)cc1. The highest BCUT2D eigenvalue weighted by atomic mass is 16.5. The number of aromatic nitrogens is 2. The van der Waals surface area contributed by atoms with Crippen LogP contribution >= 0.6 is 0 Å². The molecule has 1 aromatic carbocycles. The van der Waals surface area contributed by atoms with Gasteiger partial charge in [-0.15, -0.1) is 0 Å². The summed E-state index contributed by atoms with van der Waals surface area (Å²) in [7, 11) is 1.66. The van der Waals surface area contributed by atoms with E-state index >= 15 is 0 Å². The average molecular weight is 354 g/mol. The molecule has 2 atom stereocenters. The number of ether oxygens (including phenoxy) is 2. The number of likely N-dealkylation sites (tertiary alicyclic amines) is 1. The number of nitrogens with zero attached hydrogens (tertiary/aromatic N) is 4. The minimum absolute atomic E-state index is 0.124. The molecule has 0 N–H and O–H groups in total. The van der Waals surface area contributed by atoms with Gasteiger partial charge in [0, 0.05) is 44.0 Å². The molecule has 5 rings (SSSR count). The molecule has 2 aromatic rings. The summed E-state index contributed by atoms with van der Waals surface area (Å²) in [6.07, 6.45) is 5.22. The maximum Gasteiger partial charge on any atom is 0.226 e. The van der Waals surface area contributed by atoms with Gasteiger partial charge in [0.25, 0.3) is 0 Å². The van der Waals surface area contributed by atoms with Crippen LogP contribution in [0.5, 0.6) is 5.75 Å². The van der Waals surface area contributed by atoms with Crippen LogP contribution in [0.4, 0.5) is 0 Å². The second-order valence-corrected chi connectivity index (χ2v) is 7.09. The van der Waals surface area contributed by atoms with Crippen molar-refractivity contribution >= 4 is 5.91 Å². The zero-order chi connectivity index (χ0) is 17.7. The predicted octanol–water partition coefficient (Wildman–Crippen LogP) is 1.41. The van der Waals surface area contributed by atoms with E-state index in [0.29, 0.717) is 19.6 Å². The fourth-order valence-corrected chi connectivity index (χ4v) is 4.68. The smallest absolute Gasteiger partial charge is 0.226 e. The van der Waals surface area contributed by atoms with E-state index in [1.165, 1.54) is 0 Å². The van der Waals surface area contributed by atoms with Crippen LogP contribution in [-0.2, 0) is 16.1 Å². The fraction of sp³-hybridized carbons (Fsp3) is 0.474. The molecule has 136 valence electrons. The summed E-state index contributed by atoms with van der Waals surface area (Å²) in [6, 6.07) is 8.07. The van der Waals surface area contributed by atoms with Gasteiger partial charge in [-0.05, 0) is 24.3 Å². The van der Waals surface area contributed by atoms with Crippen molar-refractivity contribution in [3.05, 3.63) is 42.5 Å². The van der Waals surface area contributed by atoms with Gasteiger partial charge < -0.3 is 18.9 Å². The van der Waals surface area contributed by atoms with E-state index in [9.17, 15) is 4.79 Å². The van der Waals surface area contributed by atoms with Crippen LogP contribution in [0.3, 0.4) is 0 Å². The number of amides is 1. The van der Waals surface area contributed by atoms with E-state index in [4.69, 9.17) is 9.47 Å². The summed E-state index contributed by atoms with van der Waals surface area (Å²) >= 11 is 0. The van der Waals surface area contributed by atoms with Crippen LogP contribution < -0.4 is 4.74 Å². The molecule has 7 heteroatoms. The maximum atomic E-state index is 12.3. The molecule has 0 radical (unpaired) electrons. The molecule has 0 bridgehead atoms. The largest absolute Gasteiger partial charge is 0.497 e. The van der Waals surface area contributed by atoms with Crippen molar-refractivity contribution in [2.45, 2.75) is 31.2 Å². The summed E-state index contributed by atoms with van der Waals surface area (Å²) in [6.45, 7) is 3.00. The molecule has 3 aliphatic rings. The lowest BCUT2D eigenvalue weighted by Gasteiger charge is -2.31. The second kappa shape index (κ2) is 5.82. The quantitative estimate of drug-likeness (QED) is 0.831. The topological polar surface area (TPSA) is 59.8 Å². The van der Waals surface area contributed by atoms with E-state index < -0.39 is 5.72 Å². The van der Waals surface area contributed by atoms with E-state index in [-0.39, 0.29) is 11.9 Å². The van der Waals surface area contributed by atoms with Gasteiger partial charge in [0.05, 0.1) is 26.3 Å². The number of rotatable bonds is 4. The average Bonchev–Trinajstić information content (AvgIpc) is 3.40. The first-order valence-electron chi connectivity index (χ1n) is 9.06. The number of methoxy groups -OCH3 is 1. The molecule has 1 amide bonds. The van der Waals surface area contributed by atoms with Crippen molar-refractivity contribution in [2.75, 3.05) is 26.8 Å². The van der Waals surface area contributed by atoms with Crippen molar-refractivity contribution in [2.24, 2.45) is 0 Å². The first-order chi connectivity index (χ1) is 12.7. The Morgan fingerprint density at radius 1 is 1.31 bits per heavy atom. The van der Waals surface area contributed by atoms with Gasteiger partial charge in [0.15, 0.2) is 5.72 Å². The van der Waals surface area contributed by atoms with Crippen LogP contribution in [-0.4, -0.2) is 63.8 Å². The van der Waals surface area contributed by atoms with Crippen LogP contribution in [0, 0.1) is 0 Å². The van der Waals surface area contributed by atoms with Gasteiger partial charge in [-0.2, -0.15) is 0 Å². The molecular formula is C19H22N4O3. The standard InChI is InChI=1S/C19H22N4O3/c1-25-15-4-2-14(3-5-15)22-9-7-20-17(22)13-21-8-6-19-16(21)12-18(24)23(19)10-11-26-19/h2-5,7,9,16H,6,8,10-13H2,1H3/t16-,19+/m1/s1. The minimum Gasteiger partial charge on any atom is -0.497 e. The van der Waals surface area contributed by atoms with E-state index in [1.54, 1.807) is 7.11 Å². The Labute approximate surface area is 152 Å². The summed E-state index contributed by atoms with van der Waals surface area (Å²) in [5.41, 5.74) is 0.655. The lowest BCUT2D eigenvalue weighted by atomic mass is 10.1. The lowest BCUT2D eigenvalue weighted by molar-refractivity contribution is -0.136. The Balaban J connectivity index is 1.40. The Morgan fingerprint density at radius 3 is 2.96 bits per heavy atom. The van der Waals surface area contributed by atoms with E-state index in [0.717, 1.165) is 36.8 Å². The third-order valence-electron chi connectivity index (χ3n) is 5.92. The molecule has 1 spiro atoms. The zero-order valence-corrected chi connectivity index (χ0v) is 14.8. The normalized spacial score (nSPS) is 27.8. The van der Waals surface area contributed by atoms with E-state index in [1.807, 2.05) is 41.6 Å². The molecule has 4 heterocycles. The Morgan fingerprint density at radius 2 is 2.15 bits per heavy atom. The van der Waals surface area contributed by atoms with Crippen molar-refractivity contribution < 1.29 is 14.3 Å². The Kier molecular flexibility index (Phi) is 3.55. The molecule has 1 aromatic heterocycles. The molecule has 0 saturated carbocycles. The summed E-state index contributed by atoms with van der Waals surface area (Å²) in [5, 5.41) is 0. The van der Waals surface area contributed by atoms with Crippen LogP contribution in [0.1, 0.15) is 18.7 Å². The number of carbonyl (C=O) groups excluding carboxylic acids is 1. The second-order valence-electron chi connectivity index (χ2n) is 7.09. The van der Waals surface area contributed by atoms with Crippen LogP contribution in [0.25, 0.3) is 5.69 Å². The van der Waals surface area contributed by atoms with E-state index in [2.05, 4.69) is 14.5 Å². The third kappa shape index (κ3) is 2.20. The van der Waals surface area contributed by atoms with Gasteiger partial charge in [-0.3, -0.25) is 9.69 Å².